The Morgan fingerprint density at radius 1 is 1.09 bits per heavy atom. The van der Waals surface area contributed by atoms with E-state index in [2.05, 4.69) is 26.9 Å². The lowest BCUT2D eigenvalue weighted by Gasteiger charge is -2.25. The van der Waals surface area contributed by atoms with Gasteiger partial charge in [0, 0.05) is 12.5 Å². The minimum Gasteiger partial charge on any atom is -0.493 e. The van der Waals surface area contributed by atoms with Crippen molar-refractivity contribution in [2.45, 2.75) is 6.42 Å². The molecular weight excluding hydrogens is 290 g/mol. The van der Waals surface area contributed by atoms with Crippen LogP contribution in [-0.2, 0) is 6.42 Å². The Balaban J connectivity index is 1.44. The van der Waals surface area contributed by atoms with E-state index < -0.39 is 0 Å². The van der Waals surface area contributed by atoms with Gasteiger partial charge in [0.05, 0.1) is 12.3 Å². The highest BCUT2D eigenvalue weighted by molar-refractivity contribution is 5.39. The maximum atomic E-state index is 5.82. The maximum absolute atomic E-state index is 5.82. The Bertz CT molecular complexity index is 786. The summed E-state index contributed by atoms with van der Waals surface area (Å²) in [5.41, 5.74) is 2.19. The highest BCUT2D eigenvalue weighted by Gasteiger charge is 2.20. The molecule has 0 saturated carbocycles. The van der Waals surface area contributed by atoms with E-state index in [0.29, 0.717) is 18.5 Å². The van der Waals surface area contributed by atoms with Crippen molar-refractivity contribution in [3.05, 3.63) is 60.2 Å². The predicted molar refractivity (Wildman–Crippen MR) is 86.8 cm³/mol. The number of anilines is 1. The van der Waals surface area contributed by atoms with E-state index in [0.717, 1.165) is 24.4 Å². The second-order valence-electron chi connectivity index (χ2n) is 5.62. The normalized spacial score (nSPS) is 16.4. The monoisotopic (exact) mass is 307 g/mol. The first kappa shape index (κ1) is 13.8. The quantitative estimate of drug-likeness (QED) is 0.801. The first-order valence-electron chi connectivity index (χ1n) is 7.68. The molecule has 0 radical (unpaired) electrons. The minimum absolute atomic E-state index is 0.394. The van der Waals surface area contributed by atoms with Gasteiger partial charge in [0.2, 0.25) is 5.95 Å². The zero-order valence-corrected chi connectivity index (χ0v) is 12.6. The van der Waals surface area contributed by atoms with Gasteiger partial charge in [-0.05, 0) is 40.6 Å². The second kappa shape index (κ2) is 6.08. The Morgan fingerprint density at radius 2 is 1.91 bits per heavy atom. The molecule has 0 bridgehead atoms. The molecule has 2 aromatic carbocycles. The van der Waals surface area contributed by atoms with Crippen molar-refractivity contribution in [2.75, 3.05) is 18.5 Å². The number of hydrogen-bond acceptors (Lipinski definition) is 5. The lowest BCUT2D eigenvalue weighted by Crippen LogP contribution is -2.28. The van der Waals surface area contributed by atoms with Gasteiger partial charge in [-0.15, -0.1) is 0 Å². The molecule has 0 aliphatic carbocycles. The SMILES string of the molecule is c1ccc(-n2nnnc2NCC2COc3ccccc3C2)cc1. The van der Waals surface area contributed by atoms with Gasteiger partial charge in [0.25, 0.3) is 0 Å². The van der Waals surface area contributed by atoms with Crippen molar-refractivity contribution in [3.8, 4) is 11.4 Å². The third kappa shape index (κ3) is 2.88. The number of hydrogen-bond donors (Lipinski definition) is 1. The molecule has 4 rings (SSSR count). The van der Waals surface area contributed by atoms with Crippen LogP contribution < -0.4 is 10.1 Å². The summed E-state index contributed by atoms with van der Waals surface area (Å²) in [6.45, 7) is 1.47. The number of rotatable bonds is 4. The Hall–Kier alpha value is -2.89. The van der Waals surface area contributed by atoms with Gasteiger partial charge in [-0.1, -0.05) is 41.5 Å². The molecule has 1 N–H and O–H groups in total. The van der Waals surface area contributed by atoms with Gasteiger partial charge in [-0.3, -0.25) is 0 Å². The summed E-state index contributed by atoms with van der Waals surface area (Å²) in [4.78, 5) is 0. The van der Waals surface area contributed by atoms with Crippen molar-refractivity contribution in [1.82, 2.24) is 20.2 Å². The highest BCUT2D eigenvalue weighted by Crippen LogP contribution is 2.26. The van der Waals surface area contributed by atoms with Crippen LogP contribution >= 0.6 is 0 Å². The van der Waals surface area contributed by atoms with Crippen molar-refractivity contribution in [1.29, 1.82) is 0 Å². The number of aromatic nitrogens is 4. The van der Waals surface area contributed by atoms with E-state index in [1.165, 1.54) is 5.56 Å². The van der Waals surface area contributed by atoms with Crippen LogP contribution in [0.5, 0.6) is 5.75 Å². The van der Waals surface area contributed by atoms with Gasteiger partial charge in [-0.2, -0.15) is 4.68 Å². The average molecular weight is 307 g/mol. The number of ether oxygens (including phenoxy) is 1. The molecule has 0 spiro atoms. The first-order chi connectivity index (χ1) is 11.4. The van der Waals surface area contributed by atoms with E-state index in [9.17, 15) is 0 Å². The molecule has 6 heteroatoms. The number of nitrogens with zero attached hydrogens (tertiary/aromatic N) is 4. The van der Waals surface area contributed by atoms with Crippen molar-refractivity contribution < 1.29 is 4.74 Å². The van der Waals surface area contributed by atoms with Crippen LogP contribution in [0.4, 0.5) is 5.95 Å². The Morgan fingerprint density at radius 3 is 2.83 bits per heavy atom. The molecule has 6 nitrogen and oxygen atoms in total. The standard InChI is InChI=1S/C17H17N5O/c1-2-7-15(8-3-1)22-17(19-20-21-22)18-11-13-10-14-6-4-5-9-16(14)23-12-13/h1-9,13H,10-12H2,(H,18,19,21). The number of benzene rings is 2. The fourth-order valence-electron chi connectivity index (χ4n) is 2.80. The van der Waals surface area contributed by atoms with Crippen LogP contribution in [0.25, 0.3) is 5.69 Å². The van der Waals surface area contributed by atoms with Crippen LogP contribution in [0.15, 0.2) is 54.6 Å². The molecule has 0 amide bonds. The number of nitrogens with one attached hydrogen (secondary N) is 1. The summed E-state index contributed by atoms with van der Waals surface area (Å²) in [6.07, 6.45) is 0.996. The van der Waals surface area contributed by atoms with Crippen LogP contribution in [0.2, 0.25) is 0 Å². The maximum Gasteiger partial charge on any atom is 0.247 e. The summed E-state index contributed by atoms with van der Waals surface area (Å²) in [5, 5.41) is 15.2. The van der Waals surface area contributed by atoms with Gasteiger partial charge in [-0.25, -0.2) is 0 Å². The molecule has 1 aromatic heterocycles. The average Bonchev–Trinajstić information content (AvgIpc) is 3.09. The number of fused-ring (bicyclic) bond motifs is 1. The van der Waals surface area contributed by atoms with E-state index in [-0.39, 0.29) is 0 Å². The number of tetrazole rings is 1. The lowest BCUT2D eigenvalue weighted by molar-refractivity contribution is 0.229. The highest BCUT2D eigenvalue weighted by atomic mass is 16.5. The summed E-state index contributed by atoms with van der Waals surface area (Å²) in [7, 11) is 0. The van der Waals surface area contributed by atoms with Gasteiger partial charge < -0.3 is 10.1 Å². The van der Waals surface area contributed by atoms with Crippen LogP contribution in [0.3, 0.4) is 0 Å². The molecule has 1 aliphatic rings. The van der Waals surface area contributed by atoms with Crippen molar-refractivity contribution in [3.63, 3.8) is 0 Å². The smallest absolute Gasteiger partial charge is 0.247 e. The molecule has 0 fully saturated rings. The fourth-order valence-corrected chi connectivity index (χ4v) is 2.80. The largest absolute Gasteiger partial charge is 0.493 e. The topological polar surface area (TPSA) is 64.9 Å². The lowest BCUT2D eigenvalue weighted by atomic mass is 9.97. The molecular formula is C17H17N5O. The molecule has 1 aliphatic heterocycles. The van der Waals surface area contributed by atoms with Crippen molar-refractivity contribution in [2.24, 2.45) is 5.92 Å². The molecule has 23 heavy (non-hydrogen) atoms. The molecule has 3 aromatic rings. The van der Waals surface area contributed by atoms with E-state index in [4.69, 9.17) is 4.74 Å². The summed E-state index contributed by atoms with van der Waals surface area (Å²) in [6, 6.07) is 18.0. The zero-order valence-electron chi connectivity index (χ0n) is 12.6. The van der Waals surface area contributed by atoms with E-state index in [1.54, 1.807) is 4.68 Å². The summed E-state index contributed by atoms with van der Waals surface area (Å²) < 4.78 is 7.53. The van der Waals surface area contributed by atoms with E-state index >= 15 is 0 Å². The Kier molecular flexibility index (Phi) is 3.63. The molecule has 1 unspecified atom stereocenters. The summed E-state index contributed by atoms with van der Waals surface area (Å²) in [5.74, 6) is 2.04. The number of para-hydroxylation sites is 2. The second-order valence-corrected chi connectivity index (χ2v) is 5.62. The van der Waals surface area contributed by atoms with Crippen LogP contribution in [-0.4, -0.2) is 33.4 Å². The third-order valence-electron chi connectivity index (χ3n) is 3.97. The van der Waals surface area contributed by atoms with Gasteiger partial charge >= 0.3 is 0 Å². The van der Waals surface area contributed by atoms with Crippen LogP contribution in [0, 0.1) is 5.92 Å². The van der Waals surface area contributed by atoms with Crippen molar-refractivity contribution >= 4 is 5.95 Å². The first-order valence-corrected chi connectivity index (χ1v) is 7.68. The molecule has 1 atom stereocenters. The predicted octanol–water partition coefficient (Wildman–Crippen LogP) is 2.33. The molecule has 116 valence electrons. The molecule has 2 heterocycles. The fraction of sp³-hybridized carbons (Fsp3) is 0.235. The van der Waals surface area contributed by atoms with Crippen LogP contribution in [0.1, 0.15) is 5.56 Å². The molecule has 0 saturated heterocycles. The minimum atomic E-state index is 0.394. The zero-order chi connectivity index (χ0) is 15.5. The Labute approximate surface area is 134 Å². The van der Waals surface area contributed by atoms with E-state index in [1.807, 2.05) is 48.5 Å². The third-order valence-corrected chi connectivity index (χ3v) is 3.97. The van der Waals surface area contributed by atoms with Gasteiger partial charge in [0.1, 0.15) is 5.75 Å². The summed E-state index contributed by atoms with van der Waals surface area (Å²) >= 11 is 0. The van der Waals surface area contributed by atoms with Gasteiger partial charge in [0.15, 0.2) is 0 Å².